The molecule has 0 aromatic rings. The zero-order chi connectivity index (χ0) is 81.8. The average molecular weight is 1630 g/mol. The van der Waals surface area contributed by atoms with Gasteiger partial charge in [-0.15, -0.1) is 0 Å². The maximum Gasteiger partial charge on any atom is 0.472 e. The van der Waals surface area contributed by atoms with Crippen molar-refractivity contribution in [1.29, 1.82) is 0 Å². The number of aliphatic hydroxyl groups is 1. The average Bonchev–Trinajstić information content (AvgIpc) is 0.898. The van der Waals surface area contributed by atoms with Crippen LogP contribution in [0.1, 0.15) is 510 Å². The largest absolute Gasteiger partial charge is 0.472 e. The number of esters is 4. The van der Waals surface area contributed by atoms with Gasteiger partial charge < -0.3 is 33.8 Å². The second-order valence-electron chi connectivity index (χ2n) is 33.9. The molecule has 0 saturated carbocycles. The van der Waals surface area contributed by atoms with Crippen molar-refractivity contribution in [2.24, 2.45) is 5.92 Å². The molecule has 0 aliphatic rings. The maximum atomic E-state index is 13.2. The number of carbonyl (C=O) groups is 4. The van der Waals surface area contributed by atoms with E-state index in [1.807, 2.05) is 0 Å². The minimum Gasteiger partial charge on any atom is -0.462 e. The van der Waals surface area contributed by atoms with Gasteiger partial charge in [0.05, 0.1) is 26.4 Å². The number of phosphoric acid groups is 2. The third-order valence-electron chi connectivity index (χ3n) is 22.0. The molecule has 112 heavy (non-hydrogen) atoms. The van der Waals surface area contributed by atoms with Crippen molar-refractivity contribution in [3.05, 3.63) is 0 Å². The fourth-order valence-electron chi connectivity index (χ4n) is 14.7. The Hall–Kier alpha value is -1.94. The Balaban J connectivity index is 5.25. The SMILES string of the molecule is CCCCCCCCCCCCCCCCCCCCCCCC(=O)O[C@H](COC(=O)CCCCCCCCCCCCCCCCCCC(C)C)COP(=O)(O)OC[C@@H](O)COP(=O)(O)OC[C@@H](COC(=O)CCCCCCCCCCCCCCC)OC(=O)CCCCCCCCCCCCCCCCCCCCC. The summed E-state index contributed by atoms with van der Waals surface area (Å²) in [5, 5.41) is 10.7. The smallest absolute Gasteiger partial charge is 0.462 e. The summed E-state index contributed by atoms with van der Waals surface area (Å²) in [5.74, 6) is -1.28. The van der Waals surface area contributed by atoms with Crippen molar-refractivity contribution in [1.82, 2.24) is 0 Å². The molecule has 5 atom stereocenters. The predicted octanol–water partition coefficient (Wildman–Crippen LogP) is 29.1. The van der Waals surface area contributed by atoms with Crippen molar-refractivity contribution in [3.8, 4) is 0 Å². The number of rotatable bonds is 93. The molecule has 0 amide bonds. The molecule has 0 rings (SSSR count). The predicted molar refractivity (Wildman–Crippen MR) is 465 cm³/mol. The van der Waals surface area contributed by atoms with E-state index in [-0.39, 0.29) is 25.7 Å². The summed E-state index contributed by atoms with van der Waals surface area (Å²) < 4.78 is 69.2. The molecule has 0 fully saturated rings. The van der Waals surface area contributed by atoms with Gasteiger partial charge in [-0.3, -0.25) is 37.3 Å². The summed E-state index contributed by atoms with van der Waals surface area (Å²) in [7, 11) is -9.94. The highest BCUT2D eigenvalue weighted by molar-refractivity contribution is 7.47. The second kappa shape index (κ2) is 85.5. The van der Waals surface area contributed by atoms with Crippen molar-refractivity contribution in [2.75, 3.05) is 39.6 Å². The van der Waals surface area contributed by atoms with Gasteiger partial charge in [-0.2, -0.15) is 0 Å². The van der Waals surface area contributed by atoms with Crippen LogP contribution in [0.15, 0.2) is 0 Å². The lowest BCUT2D eigenvalue weighted by Gasteiger charge is -2.21. The van der Waals surface area contributed by atoms with Crippen LogP contribution >= 0.6 is 15.6 Å². The molecule has 3 N–H and O–H groups in total. The molecule has 0 spiro atoms. The number of hydrogen-bond donors (Lipinski definition) is 3. The number of ether oxygens (including phenoxy) is 4. The van der Waals surface area contributed by atoms with Gasteiger partial charge in [0, 0.05) is 25.7 Å². The van der Waals surface area contributed by atoms with Gasteiger partial charge in [-0.25, -0.2) is 9.13 Å². The third kappa shape index (κ3) is 85.9. The van der Waals surface area contributed by atoms with E-state index >= 15 is 0 Å². The van der Waals surface area contributed by atoms with Gasteiger partial charge in [-0.1, -0.05) is 458 Å². The first-order valence-electron chi connectivity index (χ1n) is 48.1. The number of aliphatic hydroxyl groups excluding tert-OH is 1. The quantitative estimate of drug-likeness (QED) is 0.0222. The molecule has 2 unspecified atom stereocenters. The first-order chi connectivity index (χ1) is 54.5. The van der Waals surface area contributed by atoms with Crippen molar-refractivity contribution >= 4 is 39.5 Å². The highest BCUT2D eigenvalue weighted by atomic mass is 31.2. The Kier molecular flexibility index (Phi) is 84.0. The number of unbranched alkanes of at least 4 members (excludes halogenated alkanes) is 65. The molecule has 19 heteroatoms. The Morgan fingerprint density at radius 1 is 0.241 bits per heavy atom. The first kappa shape index (κ1) is 110. The summed E-state index contributed by atoms with van der Waals surface area (Å²) >= 11 is 0. The van der Waals surface area contributed by atoms with Crippen LogP contribution < -0.4 is 0 Å². The van der Waals surface area contributed by atoms with Crippen LogP contribution in [0.5, 0.6) is 0 Å². The molecular weight excluding hydrogens is 1450 g/mol. The van der Waals surface area contributed by atoms with Crippen LogP contribution in [0.4, 0.5) is 0 Å². The second-order valence-corrected chi connectivity index (χ2v) is 36.8. The topological polar surface area (TPSA) is 237 Å². The van der Waals surface area contributed by atoms with E-state index in [1.54, 1.807) is 0 Å². The van der Waals surface area contributed by atoms with E-state index in [0.717, 1.165) is 95.8 Å². The fraction of sp³-hybridized carbons (Fsp3) is 0.957. The molecule has 0 radical (unpaired) electrons. The summed E-state index contributed by atoms with van der Waals surface area (Å²) in [5.41, 5.74) is 0. The summed E-state index contributed by atoms with van der Waals surface area (Å²) in [6, 6.07) is 0. The number of hydrogen-bond acceptors (Lipinski definition) is 15. The molecule has 0 aromatic heterocycles. The zero-order valence-electron chi connectivity index (χ0n) is 73.8. The lowest BCUT2D eigenvalue weighted by molar-refractivity contribution is -0.161. The van der Waals surface area contributed by atoms with Crippen LogP contribution in [-0.4, -0.2) is 96.7 Å². The molecule has 0 aliphatic heterocycles. The van der Waals surface area contributed by atoms with Crippen LogP contribution in [0, 0.1) is 5.92 Å². The Bertz CT molecular complexity index is 2120. The van der Waals surface area contributed by atoms with Crippen molar-refractivity contribution < 1.29 is 80.2 Å². The van der Waals surface area contributed by atoms with E-state index in [9.17, 15) is 43.2 Å². The monoisotopic (exact) mass is 1630 g/mol. The normalized spacial score (nSPS) is 13.7. The molecule has 0 saturated heterocycles. The molecule has 0 aliphatic carbocycles. The van der Waals surface area contributed by atoms with Gasteiger partial charge >= 0.3 is 39.5 Å². The number of carbonyl (C=O) groups excluding carboxylic acids is 4. The summed E-state index contributed by atoms with van der Waals surface area (Å²) in [6.07, 6.45) is 82.0. The van der Waals surface area contributed by atoms with Gasteiger partial charge in [0.15, 0.2) is 12.2 Å². The van der Waals surface area contributed by atoms with E-state index < -0.39 is 97.5 Å². The van der Waals surface area contributed by atoms with Crippen molar-refractivity contribution in [2.45, 2.75) is 528 Å². The zero-order valence-corrected chi connectivity index (χ0v) is 75.6. The molecule has 0 bridgehead atoms. The lowest BCUT2D eigenvalue weighted by Crippen LogP contribution is -2.30. The number of phosphoric ester groups is 2. The van der Waals surface area contributed by atoms with Crippen LogP contribution in [0.25, 0.3) is 0 Å². The molecule has 0 aromatic carbocycles. The van der Waals surface area contributed by atoms with Crippen LogP contribution in [-0.2, 0) is 65.4 Å². The Labute approximate surface area is 689 Å². The Morgan fingerprint density at radius 2 is 0.411 bits per heavy atom. The highest BCUT2D eigenvalue weighted by Gasteiger charge is 2.31. The van der Waals surface area contributed by atoms with E-state index in [2.05, 4.69) is 34.6 Å². The molecule has 666 valence electrons. The van der Waals surface area contributed by atoms with Gasteiger partial charge in [0.25, 0.3) is 0 Å². The standard InChI is InChI=1S/C93H182O17P2/c1-6-9-12-15-18-21-24-27-29-31-33-34-36-38-44-49-54-59-64-69-74-79-93(98)110-89(83-104-91(96)77-72-67-62-57-52-47-42-40-39-41-46-50-55-60-65-70-75-86(4)5)85-108-112(101,102)106-81-87(94)80-105-111(99,100)107-84-88(82-103-90(95)76-71-66-61-56-51-45-26-23-20-17-14-11-8-3)109-92(97)78-73-68-63-58-53-48-43-37-35-32-30-28-25-22-19-16-13-10-7-2/h86-89,94H,6-85H2,1-5H3,(H,99,100)(H,101,102)/t87-,88+,89+/m0/s1. The minimum atomic E-state index is -4.97. The summed E-state index contributed by atoms with van der Waals surface area (Å²) in [6.45, 7) is 7.45. The summed E-state index contributed by atoms with van der Waals surface area (Å²) in [4.78, 5) is 73.5. The van der Waals surface area contributed by atoms with Crippen molar-refractivity contribution in [3.63, 3.8) is 0 Å². The van der Waals surface area contributed by atoms with E-state index in [0.29, 0.717) is 25.7 Å². The lowest BCUT2D eigenvalue weighted by atomic mass is 10.0. The van der Waals surface area contributed by atoms with Gasteiger partial charge in [-0.05, 0) is 31.6 Å². The van der Waals surface area contributed by atoms with E-state index in [4.69, 9.17) is 37.0 Å². The molecule has 17 nitrogen and oxygen atoms in total. The fourth-order valence-corrected chi connectivity index (χ4v) is 16.3. The minimum absolute atomic E-state index is 0.110. The van der Waals surface area contributed by atoms with Crippen LogP contribution in [0.2, 0.25) is 0 Å². The first-order valence-corrected chi connectivity index (χ1v) is 51.1. The van der Waals surface area contributed by atoms with E-state index in [1.165, 1.54) is 334 Å². The van der Waals surface area contributed by atoms with Crippen LogP contribution in [0.3, 0.4) is 0 Å². The van der Waals surface area contributed by atoms with Gasteiger partial charge in [0.2, 0.25) is 0 Å². The molecule has 0 heterocycles. The van der Waals surface area contributed by atoms with Gasteiger partial charge in [0.1, 0.15) is 19.3 Å². The highest BCUT2D eigenvalue weighted by Crippen LogP contribution is 2.45. The molecular formula is C93H182O17P2. The maximum absolute atomic E-state index is 13.2. The third-order valence-corrected chi connectivity index (χ3v) is 23.9. The Morgan fingerprint density at radius 3 is 0.607 bits per heavy atom.